The minimum absolute atomic E-state index is 0.163. The molecule has 1 heterocycles. The number of amides is 2. The van der Waals surface area contributed by atoms with Gasteiger partial charge >= 0.3 is 12.0 Å². The highest BCUT2D eigenvalue weighted by atomic mass is 16.5. The number of benzene rings is 2. The Morgan fingerprint density at radius 3 is 2.48 bits per heavy atom. The Labute approximate surface area is 182 Å². The van der Waals surface area contributed by atoms with Gasteiger partial charge in [0.25, 0.3) is 0 Å². The lowest BCUT2D eigenvalue weighted by Crippen LogP contribution is -2.42. The third-order valence-corrected chi connectivity index (χ3v) is 4.95. The van der Waals surface area contributed by atoms with Crippen molar-refractivity contribution < 1.29 is 19.1 Å². The molecule has 7 nitrogen and oxygen atoms in total. The lowest BCUT2D eigenvalue weighted by molar-refractivity contribution is 0.0359. The molecular formula is C24H27N3O4. The summed E-state index contributed by atoms with van der Waals surface area (Å²) in [5.41, 5.74) is 2.60. The molecule has 31 heavy (non-hydrogen) atoms. The molecule has 0 radical (unpaired) electrons. The first-order valence-corrected chi connectivity index (χ1v) is 10.2. The summed E-state index contributed by atoms with van der Waals surface area (Å²) in [7, 11) is 3.13. The van der Waals surface area contributed by atoms with E-state index in [1.165, 1.54) is 7.11 Å². The molecule has 162 valence electrons. The molecule has 0 saturated carbocycles. The van der Waals surface area contributed by atoms with Crippen LogP contribution in [-0.4, -0.2) is 75.4 Å². The van der Waals surface area contributed by atoms with Gasteiger partial charge in [-0.25, -0.2) is 9.59 Å². The highest BCUT2D eigenvalue weighted by Gasteiger charge is 2.13. The number of likely N-dealkylation sites (N-methyl/N-ethyl adjacent to an activating group) is 1. The number of carbonyl (C=O) groups is 2. The minimum Gasteiger partial charge on any atom is -0.465 e. The number of hydrogen-bond donors (Lipinski definition) is 1. The molecular weight excluding hydrogens is 394 g/mol. The van der Waals surface area contributed by atoms with Crippen molar-refractivity contribution in [3.8, 4) is 11.8 Å². The fraction of sp³-hybridized carbons (Fsp3) is 0.333. The van der Waals surface area contributed by atoms with Crippen LogP contribution in [0.3, 0.4) is 0 Å². The number of carbonyl (C=O) groups excluding carboxylic acids is 2. The van der Waals surface area contributed by atoms with E-state index in [0.29, 0.717) is 23.4 Å². The molecule has 0 aromatic heterocycles. The number of nitrogens with zero attached hydrogens (tertiary/aromatic N) is 2. The third kappa shape index (κ3) is 6.85. The topological polar surface area (TPSA) is 71.1 Å². The zero-order chi connectivity index (χ0) is 22.1. The van der Waals surface area contributed by atoms with Gasteiger partial charge in [-0.05, 0) is 36.4 Å². The van der Waals surface area contributed by atoms with Gasteiger partial charge < -0.3 is 19.7 Å². The van der Waals surface area contributed by atoms with E-state index < -0.39 is 5.97 Å². The Hall–Kier alpha value is -3.34. The molecule has 0 unspecified atom stereocenters. The van der Waals surface area contributed by atoms with Gasteiger partial charge in [0.15, 0.2) is 0 Å². The summed E-state index contributed by atoms with van der Waals surface area (Å²) in [4.78, 5) is 28.1. The van der Waals surface area contributed by atoms with E-state index in [0.717, 1.165) is 38.4 Å². The Bertz CT molecular complexity index is 974. The molecule has 2 amide bonds. The van der Waals surface area contributed by atoms with Crippen LogP contribution in [0.25, 0.3) is 0 Å². The molecule has 0 atom stereocenters. The quantitative estimate of drug-likeness (QED) is 0.594. The van der Waals surface area contributed by atoms with E-state index in [9.17, 15) is 9.59 Å². The smallest absolute Gasteiger partial charge is 0.337 e. The first-order valence-electron chi connectivity index (χ1n) is 10.2. The summed E-state index contributed by atoms with van der Waals surface area (Å²) in [6.45, 7) is 4.76. The van der Waals surface area contributed by atoms with Crippen LogP contribution in [0, 0.1) is 11.8 Å². The van der Waals surface area contributed by atoms with Crippen molar-refractivity contribution in [2.24, 2.45) is 0 Å². The number of rotatable bonds is 5. The molecule has 1 N–H and O–H groups in total. The van der Waals surface area contributed by atoms with Crippen molar-refractivity contribution in [1.29, 1.82) is 0 Å². The standard InChI is InChI=1S/C24H27N3O4/c1-26(11-12-27-13-15-31-16-14-27)24(29)25-22-8-4-6-20(18-22)10-9-19-5-3-7-21(17-19)23(28)30-2/h3-8,17-18H,11-16H2,1-2H3,(H,25,29). The second kappa shape index (κ2) is 11.2. The van der Waals surface area contributed by atoms with Gasteiger partial charge in [-0.15, -0.1) is 0 Å². The number of hydrogen-bond acceptors (Lipinski definition) is 5. The number of morpholine rings is 1. The van der Waals surface area contributed by atoms with E-state index >= 15 is 0 Å². The van der Waals surface area contributed by atoms with Crippen LogP contribution in [0.2, 0.25) is 0 Å². The van der Waals surface area contributed by atoms with Gasteiger partial charge in [-0.1, -0.05) is 24.0 Å². The molecule has 1 fully saturated rings. The summed E-state index contributed by atoms with van der Waals surface area (Å²) in [6, 6.07) is 14.2. The Balaban J connectivity index is 1.58. The fourth-order valence-electron chi connectivity index (χ4n) is 3.10. The zero-order valence-corrected chi connectivity index (χ0v) is 17.9. The summed E-state index contributed by atoms with van der Waals surface area (Å²) in [5.74, 6) is 5.72. The Morgan fingerprint density at radius 2 is 1.77 bits per heavy atom. The molecule has 1 saturated heterocycles. The van der Waals surface area contributed by atoms with E-state index in [-0.39, 0.29) is 6.03 Å². The van der Waals surface area contributed by atoms with E-state index in [4.69, 9.17) is 9.47 Å². The molecule has 1 aliphatic heterocycles. The Kier molecular flexibility index (Phi) is 8.05. The molecule has 0 aliphatic carbocycles. The maximum Gasteiger partial charge on any atom is 0.337 e. The SMILES string of the molecule is COC(=O)c1cccc(C#Cc2cccc(NC(=O)N(C)CCN3CCOCC3)c2)c1. The minimum atomic E-state index is -0.397. The van der Waals surface area contributed by atoms with Gasteiger partial charge in [0.1, 0.15) is 0 Å². The molecule has 7 heteroatoms. The number of urea groups is 1. The van der Waals surface area contributed by atoms with Crippen LogP contribution in [0.15, 0.2) is 48.5 Å². The lowest BCUT2D eigenvalue weighted by Gasteiger charge is -2.28. The normalized spacial score (nSPS) is 13.6. The van der Waals surface area contributed by atoms with Crippen LogP contribution in [0.4, 0.5) is 10.5 Å². The van der Waals surface area contributed by atoms with Crippen molar-refractivity contribution >= 4 is 17.7 Å². The van der Waals surface area contributed by atoms with Gasteiger partial charge in [0.05, 0.1) is 25.9 Å². The number of anilines is 1. The summed E-state index contributed by atoms with van der Waals surface area (Å²) >= 11 is 0. The summed E-state index contributed by atoms with van der Waals surface area (Å²) < 4.78 is 10.1. The van der Waals surface area contributed by atoms with E-state index in [2.05, 4.69) is 22.1 Å². The predicted molar refractivity (Wildman–Crippen MR) is 119 cm³/mol. The van der Waals surface area contributed by atoms with Crippen LogP contribution < -0.4 is 5.32 Å². The highest BCUT2D eigenvalue weighted by Crippen LogP contribution is 2.12. The van der Waals surface area contributed by atoms with Gasteiger partial charge in [0, 0.05) is 50.0 Å². The molecule has 0 bridgehead atoms. The number of ether oxygens (including phenoxy) is 2. The number of methoxy groups -OCH3 is 1. The third-order valence-electron chi connectivity index (χ3n) is 4.95. The lowest BCUT2D eigenvalue weighted by atomic mass is 10.1. The van der Waals surface area contributed by atoms with Crippen LogP contribution in [0.1, 0.15) is 21.5 Å². The predicted octanol–water partition coefficient (Wildman–Crippen LogP) is 2.67. The van der Waals surface area contributed by atoms with Gasteiger partial charge in [0.2, 0.25) is 0 Å². The number of esters is 1. The van der Waals surface area contributed by atoms with Crippen LogP contribution >= 0.6 is 0 Å². The average Bonchev–Trinajstić information content (AvgIpc) is 2.81. The first-order chi connectivity index (χ1) is 15.0. The first kappa shape index (κ1) is 22.3. The number of nitrogens with one attached hydrogen (secondary N) is 1. The fourth-order valence-corrected chi connectivity index (χ4v) is 3.10. The van der Waals surface area contributed by atoms with Crippen LogP contribution in [-0.2, 0) is 9.47 Å². The van der Waals surface area contributed by atoms with Gasteiger partial charge in [-0.2, -0.15) is 0 Å². The van der Waals surface area contributed by atoms with Crippen molar-refractivity contribution in [1.82, 2.24) is 9.80 Å². The molecule has 2 aromatic rings. The largest absolute Gasteiger partial charge is 0.465 e. The second-order valence-corrected chi connectivity index (χ2v) is 7.21. The van der Waals surface area contributed by atoms with Crippen molar-refractivity contribution in [2.45, 2.75) is 0 Å². The molecule has 0 spiro atoms. The maximum atomic E-state index is 12.5. The van der Waals surface area contributed by atoms with E-state index in [1.807, 2.05) is 30.3 Å². The van der Waals surface area contributed by atoms with Crippen molar-refractivity contribution in [3.63, 3.8) is 0 Å². The van der Waals surface area contributed by atoms with Crippen molar-refractivity contribution in [2.75, 3.05) is 58.9 Å². The average molecular weight is 421 g/mol. The Morgan fingerprint density at radius 1 is 1.10 bits per heavy atom. The summed E-state index contributed by atoms with van der Waals surface area (Å²) in [5, 5.41) is 2.91. The summed E-state index contributed by atoms with van der Waals surface area (Å²) in [6.07, 6.45) is 0. The van der Waals surface area contributed by atoms with Crippen LogP contribution in [0.5, 0.6) is 0 Å². The maximum absolute atomic E-state index is 12.5. The molecule has 2 aromatic carbocycles. The second-order valence-electron chi connectivity index (χ2n) is 7.21. The molecule has 1 aliphatic rings. The monoisotopic (exact) mass is 421 g/mol. The van der Waals surface area contributed by atoms with Crippen molar-refractivity contribution in [3.05, 3.63) is 65.2 Å². The van der Waals surface area contributed by atoms with E-state index in [1.54, 1.807) is 30.1 Å². The van der Waals surface area contributed by atoms with Gasteiger partial charge in [-0.3, -0.25) is 4.90 Å². The zero-order valence-electron chi connectivity index (χ0n) is 17.9. The molecule has 3 rings (SSSR count). The highest BCUT2D eigenvalue weighted by molar-refractivity contribution is 5.90.